The zero-order valence-corrected chi connectivity index (χ0v) is 11.4. The van der Waals surface area contributed by atoms with Gasteiger partial charge in [0.25, 0.3) is 0 Å². The molecule has 1 fully saturated rings. The van der Waals surface area contributed by atoms with E-state index in [1.54, 1.807) is 14.2 Å². The second-order valence-corrected chi connectivity index (χ2v) is 4.84. The summed E-state index contributed by atoms with van der Waals surface area (Å²) in [6, 6.07) is 6.77. The average Bonchev–Trinajstić information content (AvgIpc) is 2.45. The molecule has 1 aromatic carbocycles. The fourth-order valence-electron chi connectivity index (χ4n) is 2.65. The molecule has 18 heavy (non-hydrogen) atoms. The third-order valence-electron chi connectivity index (χ3n) is 3.66. The number of rotatable bonds is 5. The summed E-state index contributed by atoms with van der Waals surface area (Å²) < 4.78 is 10.8. The Morgan fingerprint density at radius 3 is 2.78 bits per heavy atom. The van der Waals surface area contributed by atoms with Gasteiger partial charge in [0.1, 0.15) is 0 Å². The van der Waals surface area contributed by atoms with Crippen LogP contribution < -0.4 is 14.8 Å². The number of methoxy groups -OCH3 is 2. The molecule has 1 atom stereocenters. The van der Waals surface area contributed by atoms with Gasteiger partial charge < -0.3 is 14.8 Å². The van der Waals surface area contributed by atoms with E-state index in [2.05, 4.69) is 11.4 Å². The Kier molecular flexibility index (Phi) is 4.88. The summed E-state index contributed by atoms with van der Waals surface area (Å²) in [4.78, 5) is 0. The molecule has 1 unspecified atom stereocenters. The lowest BCUT2D eigenvalue weighted by Gasteiger charge is -2.23. The van der Waals surface area contributed by atoms with E-state index in [0.717, 1.165) is 17.9 Å². The van der Waals surface area contributed by atoms with Gasteiger partial charge in [0, 0.05) is 6.04 Å². The molecule has 1 heterocycles. The van der Waals surface area contributed by atoms with Gasteiger partial charge in [-0.15, -0.1) is 0 Å². The lowest BCUT2D eigenvalue weighted by molar-refractivity contribution is 0.347. The predicted octanol–water partition coefficient (Wildman–Crippen LogP) is 2.78. The normalized spacial score (nSPS) is 19.6. The van der Waals surface area contributed by atoms with Gasteiger partial charge in [0.2, 0.25) is 0 Å². The highest BCUT2D eigenvalue weighted by molar-refractivity contribution is 5.46. The Hall–Kier alpha value is -1.22. The van der Waals surface area contributed by atoms with Gasteiger partial charge in [-0.25, -0.2) is 0 Å². The third-order valence-corrected chi connectivity index (χ3v) is 3.66. The number of hydrogen-bond donors (Lipinski definition) is 1. The largest absolute Gasteiger partial charge is 0.493 e. The van der Waals surface area contributed by atoms with Crippen molar-refractivity contribution in [2.24, 2.45) is 0 Å². The number of nitrogens with one attached hydrogen (secondary N) is 1. The van der Waals surface area contributed by atoms with Crippen molar-refractivity contribution in [3.8, 4) is 11.5 Å². The Morgan fingerprint density at radius 1 is 1.22 bits per heavy atom. The standard InChI is InChI=1S/C15H23NO2/c1-17-14-8-5-6-12(15(14)18-2)9-10-13-7-3-4-11-16-13/h5-6,8,13,16H,3-4,7,9-11H2,1-2H3. The summed E-state index contributed by atoms with van der Waals surface area (Å²) in [5.74, 6) is 1.71. The van der Waals surface area contributed by atoms with Crippen molar-refractivity contribution in [3.63, 3.8) is 0 Å². The lowest BCUT2D eigenvalue weighted by Crippen LogP contribution is -2.34. The van der Waals surface area contributed by atoms with Crippen LogP contribution in [0.15, 0.2) is 18.2 Å². The van der Waals surface area contributed by atoms with Crippen LogP contribution in [0.25, 0.3) is 0 Å². The van der Waals surface area contributed by atoms with Crippen LogP contribution in [0.3, 0.4) is 0 Å². The number of ether oxygens (including phenoxy) is 2. The molecule has 1 aromatic rings. The Bertz CT molecular complexity index is 373. The molecule has 0 aromatic heterocycles. The Balaban J connectivity index is 1.99. The van der Waals surface area contributed by atoms with Crippen LogP contribution in [0.4, 0.5) is 0 Å². The molecule has 100 valence electrons. The molecule has 0 saturated carbocycles. The second-order valence-electron chi connectivity index (χ2n) is 4.84. The molecule has 0 bridgehead atoms. The van der Waals surface area contributed by atoms with E-state index >= 15 is 0 Å². The molecule has 1 aliphatic heterocycles. The molecule has 3 nitrogen and oxygen atoms in total. The first-order chi connectivity index (χ1) is 8.85. The zero-order chi connectivity index (χ0) is 12.8. The predicted molar refractivity (Wildman–Crippen MR) is 73.5 cm³/mol. The lowest BCUT2D eigenvalue weighted by atomic mass is 9.97. The molecule has 0 amide bonds. The highest BCUT2D eigenvalue weighted by atomic mass is 16.5. The van der Waals surface area contributed by atoms with Crippen molar-refractivity contribution in [2.75, 3.05) is 20.8 Å². The van der Waals surface area contributed by atoms with Crippen LogP contribution in [-0.4, -0.2) is 26.8 Å². The van der Waals surface area contributed by atoms with E-state index < -0.39 is 0 Å². The van der Waals surface area contributed by atoms with Crippen molar-refractivity contribution >= 4 is 0 Å². The first kappa shape index (κ1) is 13.2. The highest BCUT2D eigenvalue weighted by Gasteiger charge is 2.14. The van der Waals surface area contributed by atoms with E-state index in [4.69, 9.17) is 9.47 Å². The van der Waals surface area contributed by atoms with Crippen molar-refractivity contribution in [2.45, 2.75) is 38.1 Å². The Morgan fingerprint density at radius 2 is 2.11 bits per heavy atom. The smallest absolute Gasteiger partial charge is 0.163 e. The minimum atomic E-state index is 0.662. The number of aryl methyl sites for hydroxylation is 1. The maximum absolute atomic E-state index is 5.46. The summed E-state index contributed by atoms with van der Waals surface area (Å²) >= 11 is 0. The van der Waals surface area contributed by atoms with Crippen molar-refractivity contribution in [1.82, 2.24) is 5.32 Å². The van der Waals surface area contributed by atoms with Crippen LogP contribution in [0.1, 0.15) is 31.2 Å². The number of piperidine rings is 1. The Labute approximate surface area is 109 Å². The van der Waals surface area contributed by atoms with E-state index in [0.29, 0.717) is 6.04 Å². The monoisotopic (exact) mass is 249 g/mol. The molecule has 3 heteroatoms. The highest BCUT2D eigenvalue weighted by Crippen LogP contribution is 2.31. The second kappa shape index (κ2) is 6.64. The SMILES string of the molecule is COc1cccc(CCC2CCCCN2)c1OC. The molecule has 0 radical (unpaired) electrons. The molecule has 2 rings (SSSR count). The van der Waals surface area contributed by atoms with Gasteiger partial charge in [0.05, 0.1) is 14.2 Å². The van der Waals surface area contributed by atoms with Gasteiger partial charge in [0.15, 0.2) is 11.5 Å². The first-order valence-corrected chi connectivity index (χ1v) is 6.78. The quantitative estimate of drug-likeness (QED) is 0.870. The fraction of sp³-hybridized carbons (Fsp3) is 0.600. The van der Waals surface area contributed by atoms with Gasteiger partial charge in [-0.3, -0.25) is 0 Å². The number of para-hydroxylation sites is 1. The van der Waals surface area contributed by atoms with Crippen molar-refractivity contribution in [3.05, 3.63) is 23.8 Å². The van der Waals surface area contributed by atoms with Gasteiger partial charge in [-0.2, -0.15) is 0 Å². The summed E-state index contributed by atoms with van der Waals surface area (Å²) in [6.45, 7) is 1.17. The van der Waals surface area contributed by atoms with Crippen LogP contribution in [-0.2, 0) is 6.42 Å². The summed E-state index contributed by atoms with van der Waals surface area (Å²) in [7, 11) is 3.39. The van der Waals surface area contributed by atoms with Gasteiger partial charge in [-0.05, 0) is 43.9 Å². The van der Waals surface area contributed by atoms with Gasteiger partial charge >= 0.3 is 0 Å². The minimum Gasteiger partial charge on any atom is -0.493 e. The van der Waals surface area contributed by atoms with Crippen molar-refractivity contribution in [1.29, 1.82) is 0 Å². The van der Waals surface area contributed by atoms with Gasteiger partial charge in [-0.1, -0.05) is 18.6 Å². The molecule has 1 aliphatic rings. The van der Waals surface area contributed by atoms with Crippen LogP contribution >= 0.6 is 0 Å². The van der Waals surface area contributed by atoms with Crippen molar-refractivity contribution < 1.29 is 9.47 Å². The number of hydrogen-bond acceptors (Lipinski definition) is 3. The van der Waals surface area contributed by atoms with Crippen LogP contribution in [0.5, 0.6) is 11.5 Å². The molecule has 1 saturated heterocycles. The van der Waals surface area contributed by atoms with Crippen LogP contribution in [0, 0.1) is 0 Å². The molecular weight excluding hydrogens is 226 g/mol. The third kappa shape index (κ3) is 3.16. The summed E-state index contributed by atoms with van der Waals surface area (Å²) in [6.07, 6.45) is 6.18. The maximum atomic E-state index is 5.46. The molecule has 0 spiro atoms. The molecule has 1 N–H and O–H groups in total. The molecule has 0 aliphatic carbocycles. The summed E-state index contributed by atoms with van der Waals surface area (Å²) in [5.41, 5.74) is 1.24. The van der Waals surface area contributed by atoms with E-state index in [1.165, 1.54) is 37.8 Å². The number of benzene rings is 1. The minimum absolute atomic E-state index is 0.662. The van der Waals surface area contributed by atoms with E-state index in [9.17, 15) is 0 Å². The zero-order valence-electron chi connectivity index (χ0n) is 11.4. The fourth-order valence-corrected chi connectivity index (χ4v) is 2.65. The average molecular weight is 249 g/mol. The molecular formula is C15H23NO2. The van der Waals surface area contributed by atoms with E-state index in [1.807, 2.05) is 12.1 Å². The maximum Gasteiger partial charge on any atom is 0.163 e. The summed E-state index contributed by atoms with van der Waals surface area (Å²) in [5, 5.41) is 3.58. The van der Waals surface area contributed by atoms with Crippen LogP contribution in [0.2, 0.25) is 0 Å². The first-order valence-electron chi connectivity index (χ1n) is 6.78. The topological polar surface area (TPSA) is 30.5 Å². The van der Waals surface area contributed by atoms with E-state index in [-0.39, 0.29) is 0 Å².